The fourth-order valence-electron chi connectivity index (χ4n) is 1.41. The second-order valence-electron chi connectivity index (χ2n) is 3.24. The Hall–Kier alpha value is -1.13. The molecule has 0 aliphatic heterocycles. The first-order valence-corrected chi connectivity index (χ1v) is 5.43. The van der Waals surface area contributed by atoms with Gasteiger partial charge in [0.15, 0.2) is 0 Å². The largest absolute Gasteiger partial charge is 0.325 e. The van der Waals surface area contributed by atoms with Gasteiger partial charge in [0.1, 0.15) is 0 Å². The van der Waals surface area contributed by atoms with E-state index in [0.29, 0.717) is 6.54 Å². The Morgan fingerprint density at radius 3 is 3.00 bits per heavy atom. The Morgan fingerprint density at radius 2 is 2.43 bits per heavy atom. The van der Waals surface area contributed by atoms with Crippen LogP contribution in [0.2, 0.25) is 0 Å². The third-order valence-electron chi connectivity index (χ3n) is 2.14. The highest BCUT2D eigenvalue weighted by molar-refractivity contribution is 7.09. The molecule has 0 bridgehead atoms. The van der Waals surface area contributed by atoms with Crippen LogP contribution in [0.5, 0.6) is 0 Å². The van der Waals surface area contributed by atoms with Crippen LogP contribution in [0.1, 0.15) is 16.1 Å². The molecule has 3 nitrogen and oxygen atoms in total. The molecule has 0 aromatic carbocycles. The smallest absolute Gasteiger partial charge is 0.0789 e. The van der Waals surface area contributed by atoms with Gasteiger partial charge in [0.05, 0.1) is 12.2 Å². The molecular formula is C10H13N3S. The number of thiophene rings is 1. The summed E-state index contributed by atoms with van der Waals surface area (Å²) in [6.07, 6.45) is 2.04. The lowest BCUT2D eigenvalue weighted by Gasteiger charge is -1.96. The number of hydrogen-bond donors (Lipinski definition) is 1. The van der Waals surface area contributed by atoms with Crippen molar-refractivity contribution < 1.29 is 0 Å². The zero-order valence-electron chi connectivity index (χ0n) is 8.10. The van der Waals surface area contributed by atoms with Gasteiger partial charge in [-0.15, -0.1) is 11.3 Å². The van der Waals surface area contributed by atoms with E-state index in [1.54, 1.807) is 11.3 Å². The Kier molecular flexibility index (Phi) is 2.65. The lowest BCUT2D eigenvalue weighted by atomic mass is 10.3. The maximum atomic E-state index is 5.56. The predicted octanol–water partition coefficient (Wildman–Crippen LogP) is 1.76. The molecule has 0 aliphatic carbocycles. The molecule has 0 saturated carbocycles. The zero-order valence-corrected chi connectivity index (χ0v) is 8.92. The topological polar surface area (TPSA) is 43.8 Å². The first kappa shape index (κ1) is 9.43. The Morgan fingerprint density at radius 1 is 1.57 bits per heavy atom. The molecule has 0 unspecified atom stereocenters. The lowest BCUT2D eigenvalue weighted by Crippen LogP contribution is -2.02. The lowest BCUT2D eigenvalue weighted by molar-refractivity contribution is 0.679. The van der Waals surface area contributed by atoms with Gasteiger partial charge in [0.25, 0.3) is 0 Å². The van der Waals surface area contributed by atoms with Crippen LogP contribution in [-0.2, 0) is 13.1 Å². The normalized spacial score (nSPS) is 10.7. The summed E-state index contributed by atoms with van der Waals surface area (Å²) in [6.45, 7) is 3.40. The van der Waals surface area contributed by atoms with Crippen LogP contribution in [0.3, 0.4) is 0 Å². The maximum Gasteiger partial charge on any atom is 0.0789 e. The number of rotatable bonds is 3. The number of nitrogens with zero attached hydrogens (tertiary/aromatic N) is 2. The second kappa shape index (κ2) is 3.94. The van der Waals surface area contributed by atoms with Gasteiger partial charge >= 0.3 is 0 Å². The first-order chi connectivity index (χ1) is 6.79. The molecule has 2 aromatic heterocycles. The minimum atomic E-state index is 0.517. The first-order valence-electron chi connectivity index (χ1n) is 4.55. The van der Waals surface area contributed by atoms with Crippen LogP contribution < -0.4 is 5.73 Å². The van der Waals surface area contributed by atoms with E-state index in [0.717, 1.165) is 12.2 Å². The molecule has 2 aromatic rings. The molecule has 0 radical (unpaired) electrons. The fraction of sp³-hybridized carbons (Fsp3) is 0.300. The van der Waals surface area contributed by atoms with Crippen molar-refractivity contribution in [3.63, 3.8) is 0 Å². The summed E-state index contributed by atoms with van der Waals surface area (Å²) in [5.41, 5.74) is 7.72. The van der Waals surface area contributed by atoms with Gasteiger partial charge < -0.3 is 5.73 Å². The summed E-state index contributed by atoms with van der Waals surface area (Å²) >= 11 is 1.75. The molecule has 2 N–H and O–H groups in total. The highest BCUT2D eigenvalue weighted by Gasteiger charge is 2.03. The van der Waals surface area contributed by atoms with Crippen molar-refractivity contribution in [2.45, 2.75) is 20.0 Å². The molecule has 2 rings (SSSR count). The van der Waals surface area contributed by atoms with Gasteiger partial charge in [0, 0.05) is 17.6 Å². The molecule has 74 valence electrons. The highest BCUT2D eigenvalue weighted by atomic mass is 32.1. The molecule has 14 heavy (non-hydrogen) atoms. The molecule has 0 fully saturated rings. The van der Waals surface area contributed by atoms with Gasteiger partial charge in [-0.1, -0.05) is 6.07 Å². The van der Waals surface area contributed by atoms with Gasteiger partial charge in [0.2, 0.25) is 0 Å². The van der Waals surface area contributed by atoms with Crippen molar-refractivity contribution in [1.29, 1.82) is 0 Å². The maximum absolute atomic E-state index is 5.56. The van der Waals surface area contributed by atoms with E-state index in [1.165, 1.54) is 10.4 Å². The van der Waals surface area contributed by atoms with Crippen LogP contribution in [-0.4, -0.2) is 9.78 Å². The molecule has 0 aliphatic rings. The third kappa shape index (κ3) is 1.86. The minimum absolute atomic E-state index is 0.517. The van der Waals surface area contributed by atoms with Crippen molar-refractivity contribution in [2.24, 2.45) is 5.73 Å². The Balaban J connectivity index is 2.17. The molecular weight excluding hydrogens is 194 g/mol. The van der Waals surface area contributed by atoms with E-state index in [2.05, 4.69) is 22.6 Å². The SMILES string of the molecule is Cc1cn(Cc2cccs2)nc1CN. The van der Waals surface area contributed by atoms with Crippen molar-refractivity contribution >= 4 is 11.3 Å². The number of hydrogen-bond acceptors (Lipinski definition) is 3. The van der Waals surface area contributed by atoms with Gasteiger partial charge in [-0.25, -0.2) is 0 Å². The Labute approximate surface area is 87.2 Å². The highest BCUT2D eigenvalue weighted by Crippen LogP contribution is 2.11. The monoisotopic (exact) mass is 207 g/mol. The van der Waals surface area contributed by atoms with E-state index >= 15 is 0 Å². The van der Waals surface area contributed by atoms with E-state index in [9.17, 15) is 0 Å². The van der Waals surface area contributed by atoms with Gasteiger partial charge in [-0.05, 0) is 23.9 Å². The summed E-state index contributed by atoms with van der Waals surface area (Å²) in [4.78, 5) is 1.32. The van der Waals surface area contributed by atoms with Crippen LogP contribution in [0.15, 0.2) is 23.7 Å². The molecule has 0 spiro atoms. The average Bonchev–Trinajstić information content (AvgIpc) is 2.76. The predicted molar refractivity (Wildman–Crippen MR) is 58.3 cm³/mol. The van der Waals surface area contributed by atoms with Crippen molar-refractivity contribution in [3.05, 3.63) is 39.8 Å². The van der Waals surface area contributed by atoms with Crippen molar-refractivity contribution in [1.82, 2.24) is 9.78 Å². The average molecular weight is 207 g/mol. The van der Waals surface area contributed by atoms with Crippen molar-refractivity contribution in [2.75, 3.05) is 0 Å². The van der Waals surface area contributed by atoms with Crippen LogP contribution in [0.4, 0.5) is 0 Å². The molecule has 0 saturated heterocycles. The fourth-order valence-corrected chi connectivity index (χ4v) is 2.10. The third-order valence-corrected chi connectivity index (χ3v) is 3.00. The van der Waals surface area contributed by atoms with Crippen LogP contribution in [0.25, 0.3) is 0 Å². The van der Waals surface area contributed by atoms with Crippen LogP contribution in [0, 0.1) is 6.92 Å². The molecule has 2 heterocycles. The molecule has 0 amide bonds. The Bertz CT molecular complexity index is 403. The summed E-state index contributed by atoms with van der Waals surface area (Å²) in [5, 5.41) is 6.48. The summed E-state index contributed by atoms with van der Waals surface area (Å²) < 4.78 is 1.95. The van der Waals surface area contributed by atoms with Crippen molar-refractivity contribution in [3.8, 4) is 0 Å². The number of aryl methyl sites for hydroxylation is 1. The number of aromatic nitrogens is 2. The van der Waals surface area contributed by atoms with E-state index in [-0.39, 0.29) is 0 Å². The minimum Gasteiger partial charge on any atom is -0.325 e. The standard InChI is InChI=1S/C10H13N3S/c1-8-6-13(12-10(8)5-11)7-9-3-2-4-14-9/h2-4,6H,5,7,11H2,1H3. The van der Waals surface area contributed by atoms with E-state index in [4.69, 9.17) is 5.73 Å². The summed E-state index contributed by atoms with van der Waals surface area (Å²) in [6, 6.07) is 4.17. The summed E-state index contributed by atoms with van der Waals surface area (Å²) in [7, 11) is 0. The summed E-state index contributed by atoms with van der Waals surface area (Å²) in [5.74, 6) is 0. The molecule has 4 heteroatoms. The van der Waals surface area contributed by atoms with Gasteiger partial charge in [-0.2, -0.15) is 5.10 Å². The molecule has 0 atom stereocenters. The van der Waals surface area contributed by atoms with Crippen LogP contribution >= 0.6 is 11.3 Å². The van der Waals surface area contributed by atoms with Gasteiger partial charge in [-0.3, -0.25) is 4.68 Å². The second-order valence-corrected chi connectivity index (χ2v) is 4.27. The number of nitrogens with two attached hydrogens (primary N) is 1. The van der Waals surface area contributed by atoms with E-state index < -0.39 is 0 Å². The zero-order chi connectivity index (χ0) is 9.97. The van der Waals surface area contributed by atoms with E-state index in [1.807, 2.05) is 17.8 Å². The quantitative estimate of drug-likeness (QED) is 0.833.